The zero-order chi connectivity index (χ0) is 20.2. The first kappa shape index (κ1) is 21.7. The minimum absolute atomic E-state index is 0.104. The number of rotatable bonds is 11. The van der Waals surface area contributed by atoms with E-state index in [1.165, 1.54) is 4.90 Å². The standard InChI is InChI=1S/C20H30N4O4/c1-3-28-14-4-11-21-20(22-12-13-24-18(25)9-10-19(24)26)23-15-16-5-7-17(27-2)8-6-16/h5-8H,3-4,9-15H2,1-2H3,(H2,21,22,23). The molecule has 1 saturated heterocycles. The maximum atomic E-state index is 11.7. The Morgan fingerprint density at radius 2 is 1.79 bits per heavy atom. The van der Waals surface area contributed by atoms with Crippen LogP contribution in [0.5, 0.6) is 5.75 Å². The molecule has 0 unspecified atom stereocenters. The number of hydrogen-bond acceptors (Lipinski definition) is 5. The molecule has 1 heterocycles. The minimum atomic E-state index is -0.104. The van der Waals surface area contributed by atoms with E-state index < -0.39 is 0 Å². The van der Waals surface area contributed by atoms with Crippen molar-refractivity contribution in [2.24, 2.45) is 4.99 Å². The van der Waals surface area contributed by atoms with Gasteiger partial charge < -0.3 is 20.1 Å². The Morgan fingerprint density at radius 1 is 1.11 bits per heavy atom. The van der Waals surface area contributed by atoms with Gasteiger partial charge >= 0.3 is 0 Å². The lowest BCUT2D eigenvalue weighted by Crippen LogP contribution is -2.43. The summed E-state index contributed by atoms with van der Waals surface area (Å²) in [7, 11) is 1.64. The number of carbonyl (C=O) groups excluding carboxylic acids is 2. The Labute approximate surface area is 166 Å². The van der Waals surface area contributed by atoms with Crippen LogP contribution in [0.1, 0.15) is 31.7 Å². The van der Waals surface area contributed by atoms with Crippen molar-refractivity contribution in [3.8, 4) is 5.75 Å². The average molecular weight is 390 g/mol. The second-order valence-corrected chi connectivity index (χ2v) is 6.36. The summed E-state index contributed by atoms with van der Waals surface area (Å²) in [6, 6.07) is 7.74. The molecule has 0 atom stereocenters. The van der Waals surface area contributed by atoms with Crippen LogP contribution < -0.4 is 15.4 Å². The number of aliphatic imine (C=N–C) groups is 1. The third-order valence-corrected chi connectivity index (χ3v) is 4.32. The number of likely N-dealkylation sites (tertiary alicyclic amines) is 1. The van der Waals surface area contributed by atoms with Crippen molar-refractivity contribution >= 4 is 17.8 Å². The first-order chi connectivity index (χ1) is 13.6. The summed E-state index contributed by atoms with van der Waals surface area (Å²) in [6.07, 6.45) is 1.49. The summed E-state index contributed by atoms with van der Waals surface area (Å²) in [5, 5.41) is 6.46. The molecule has 2 rings (SSSR count). The predicted molar refractivity (Wildman–Crippen MR) is 107 cm³/mol. The van der Waals surface area contributed by atoms with E-state index in [1.54, 1.807) is 7.11 Å². The van der Waals surface area contributed by atoms with Gasteiger partial charge in [0.15, 0.2) is 5.96 Å². The fourth-order valence-electron chi connectivity index (χ4n) is 2.76. The molecule has 1 fully saturated rings. The van der Waals surface area contributed by atoms with E-state index in [1.807, 2.05) is 31.2 Å². The Bertz CT molecular complexity index is 645. The molecular formula is C20H30N4O4. The van der Waals surface area contributed by atoms with Crippen LogP contribution in [0.3, 0.4) is 0 Å². The van der Waals surface area contributed by atoms with Gasteiger partial charge in [-0.2, -0.15) is 0 Å². The first-order valence-electron chi connectivity index (χ1n) is 9.70. The van der Waals surface area contributed by atoms with E-state index in [9.17, 15) is 9.59 Å². The number of methoxy groups -OCH3 is 1. The second-order valence-electron chi connectivity index (χ2n) is 6.36. The summed E-state index contributed by atoms with van der Waals surface area (Å²) >= 11 is 0. The molecule has 0 bridgehead atoms. The van der Waals surface area contributed by atoms with Crippen LogP contribution in [0, 0.1) is 0 Å². The Kier molecular flexibility index (Phi) is 9.27. The van der Waals surface area contributed by atoms with Crippen molar-refractivity contribution in [3.63, 3.8) is 0 Å². The molecule has 0 radical (unpaired) electrons. The SMILES string of the molecule is CCOCCCNC(=NCc1ccc(OC)cc1)NCCN1C(=O)CCC1=O. The van der Waals surface area contributed by atoms with Gasteiger partial charge in [-0.05, 0) is 31.0 Å². The van der Waals surface area contributed by atoms with Gasteiger partial charge in [0.1, 0.15) is 5.75 Å². The van der Waals surface area contributed by atoms with Gasteiger partial charge in [0.05, 0.1) is 13.7 Å². The number of hydrogen-bond donors (Lipinski definition) is 2. The van der Waals surface area contributed by atoms with Crippen molar-refractivity contribution in [2.75, 3.05) is 40.0 Å². The van der Waals surface area contributed by atoms with Gasteiger partial charge in [0, 0.05) is 45.7 Å². The molecule has 0 saturated carbocycles. The number of benzene rings is 1. The third-order valence-electron chi connectivity index (χ3n) is 4.32. The highest BCUT2D eigenvalue weighted by Crippen LogP contribution is 2.12. The molecule has 8 nitrogen and oxygen atoms in total. The number of imide groups is 1. The monoisotopic (exact) mass is 390 g/mol. The van der Waals surface area contributed by atoms with Crippen LogP contribution in [0.2, 0.25) is 0 Å². The molecule has 28 heavy (non-hydrogen) atoms. The van der Waals surface area contributed by atoms with Crippen molar-refractivity contribution in [1.82, 2.24) is 15.5 Å². The van der Waals surface area contributed by atoms with E-state index in [0.29, 0.717) is 51.6 Å². The van der Waals surface area contributed by atoms with Crippen molar-refractivity contribution in [1.29, 1.82) is 0 Å². The second kappa shape index (κ2) is 12.0. The number of nitrogens with one attached hydrogen (secondary N) is 2. The highest BCUT2D eigenvalue weighted by Gasteiger charge is 2.28. The summed E-state index contributed by atoms with van der Waals surface area (Å²) in [5.41, 5.74) is 1.06. The van der Waals surface area contributed by atoms with Gasteiger partial charge in [-0.1, -0.05) is 12.1 Å². The van der Waals surface area contributed by atoms with Crippen molar-refractivity contribution in [2.45, 2.75) is 32.7 Å². The molecule has 154 valence electrons. The summed E-state index contributed by atoms with van der Waals surface area (Å²) in [6.45, 7) is 5.39. The molecule has 2 N–H and O–H groups in total. The van der Waals surface area contributed by atoms with E-state index in [0.717, 1.165) is 24.3 Å². The number of carbonyl (C=O) groups is 2. The first-order valence-corrected chi connectivity index (χ1v) is 9.70. The molecule has 1 aromatic carbocycles. The lowest BCUT2D eigenvalue weighted by Gasteiger charge is -2.16. The van der Waals surface area contributed by atoms with Crippen LogP contribution in [0.25, 0.3) is 0 Å². The number of amides is 2. The molecule has 0 aromatic heterocycles. The van der Waals surface area contributed by atoms with E-state index in [2.05, 4.69) is 15.6 Å². The van der Waals surface area contributed by atoms with Crippen LogP contribution in [0.4, 0.5) is 0 Å². The normalized spacial score (nSPS) is 14.5. The zero-order valence-corrected chi connectivity index (χ0v) is 16.7. The fourth-order valence-corrected chi connectivity index (χ4v) is 2.76. The van der Waals surface area contributed by atoms with E-state index in [4.69, 9.17) is 9.47 Å². The predicted octanol–water partition coefficient (Wildman–Crippen LogP) is 1.31. The Morgan fingerprint density at radius 3 is 2.43 bits per heavy atom. The van der Waals surface area contributed by atoms with Crippen LogP contribution in [0.15, 0.2) is 29.3 Å². The van der Waals surface area contributed by atoms with Gasteiger partial charge in [-0.3, -0.25) is 14.5 Å². The van der Waals surface area contributed by atoms with Gasteiger partial charge in [0.2, 0.25) is 11.8 Å². The van der Waals surface area contributed by atoms with E-state index >= 15 is 0 Å². The maximum absolute atomic E-state index is 11.7. The highest BCUT2D eigenvalue weighted by atomic mass is 16.5. The molecule has 2 amide bonds. The van der Waals surface area contributed by atoms with E-state index in [-0.39, 0.29) is 11.8 Å². The molecule has 8 heteroatoms. The van der Waals surface area contributed by atoms with Gasteiger partial charge in [-0.15, -0.1) is 0 Å². The number of guanidine groups is 1. The summed E-state index contributed by atoms with van der Waals surface area (Å²) in [4.78, 5) is 29.3. The van der Waals surface area contributed by atoms with Crippen LogP contribution >= 0.6 is 0 Å². The lowest BCUT2D eigenvalue weighted by atomic mass is 10.2. The maximum Gasteiger partial charge on any atom is 0.229 e. The molecule has 1 aromatic rings. The molecule has 0 spiro atoms. The largest absolute Gasteiger partial charge is 0.497 e. The quantitative estimate of drug-likeness (QED) is 0.256. The van der Waals surface area contributed by atoms with Gasteiger partial charge in [-0.25, -0.2) is 4.99 Å². The summed E-state index contributed by atoms with van der Waals surface area (Å²) in [5.74, 6) is 1.24. The molecule has 1 aliphatic heterocycles. The average Bonchev–Trinajstić information content (AvgIpc) is 3.03. The minimum Gasteiger partial charge on any atom is -0.497 e. The third kappa shape index (κ3) is 7.19. The van der Waals surface area contributed by atoms with Crippen LogP contribution in [-0.2, 0) is 20.9 Å². The Balaban J connectivity index is 1.87. The molecular weight excluding hydrogens is 360 g/mol. The van der Waals surface area contributed by atoms with Crippen molar-refractivity contribution < 1.29 is 19.1 Å². The van der Waals surface area contributed by atoms with Crippen molar-refractivity contribution in [3.05, 3.63) is 29.8 Å². The Hall–Kier alpha value is -2.61. The highest BCUT2D eigenvalue weighted by molar-refractivity contribution is 6.01. The van der Waals surface area contributed by atoms with Gasteiger partial charge in [0.25, 0.3) is 0 Å². The number of nitrogens with zero attached hydrogens (tertiary/aromatic N) is 2. The fraction of sp³-hybridized carbons (Fsp3) is 0.550. The topological polar surface area (TPSA) is 92.3 Å². The zero-order valence-electron chi connectivity index (χ0n) is 16.7. The summed E-state index contributed by atoms with van der Waals surface area (Å²) < 4.78 is 10.5. The molecule has 0 aliphatic carbocycles. The lowest BCUT2D eigenvalue weighted by molar-refractivity contribution is -0.138. The van der Waals surface area contributed by atoms with Crippen LogP contribution in [-0.4, -0.2) is 62.6 Å². The smallest absolute Gasteiger partial charge is 0.229 e. The molecule has 1 aliphatic rings. The number of ether oxygens (including phenoxy) is 2.